The van der Waals surface area contributed by atoms with E-state index < -0.39 is 17.7 Å². The molecule has 1 aliphatic rings. The van der Waals surface area contributed by atoms with E-state index >= 15 is 0 Å². The monoisotopic (exact) mass is 508 g/mol. The van der Waals surface area contributed by atoms with E-state index in [9.17, 15) is 14.7 Å². The molecule has 8 heteroatoms. The molecule has 3 aromatic heterocycles. The number of thiazole rings is 1. The number of carbonyl (C=O) groups excluding carboxylic acids is 2. The normalized spacial score (nSPS) is 17.4. The molecule has 37 heavy (non-hydrogen) atoms. The summed E-state index contributed by atoms with van der Waals surface area (Å²) in [7, 11) is 0. The van der Waals surface area contributed by atoms with Gasteiger partial charge in [0.1, 0.15) is 11.3 Å². The molecule has 0 saturated carbocycles. The van der Waals surface area contributed by atoms with Crippen molar-refractivity contribution in [1.29, 1.82) is 0 Å². The molecule has 0 bridgehead atoms. The largest absolute Gasteiger partial charge is 0.505 e. The zero-order chi connectivity index (χ0) is 25.8. The number of Topliss-reactive ketones (excluding diaryl/α,β-unsaturated/α-hetero) is 1. The number of aliphatic hydroxyl groups is 1. The standard InChI is InChI=1S/C29H24N4O3S/c1-4-18-9-11-19(12-10-18)25-23(26(34)24-17(3)30-22-7-5-6-14-32(22)24)27(35)28(36)33(25)29-31-20-13-8-16(2)15-21(20)37-29/h5-15,25,34H,4H2,1-3H3. The number of hydrogen-bond donors (Lipinski definition) is 1. The summed E-state index contributed by atoms with van der Waals surface area (Å²) in [4.78, 5) is 37.8. The lowest BCUT2D eigenvalue weighted by molar-refractivity contribution is -0.132. The molecular formula is C29H24N4O3S. The van der Waals surface area contributed by atoms with Crippen molar-refractivity contribution >= 4 is 49.8 Å². The molecule has 1 unspecified atom stereocenters. The molecule has 4 heterocycles. The Morgan fingerprint density at radius 1 is 1.03 bits per heavy atom. The van der Waals surface area contributed by atoms with Crippen molar-refractivity contribution in [3.05, 3.63) is 101 Å². The van der Waals surface area contributed by atoms with E-state index in [0.29, 0.717) is 22.2 Å². The Morgan fingerprint density at radius 3 is 2.57 bits per heavy atom. The Morgan fingerprint density at radius 2 is 1.81 bits per heavy atom. The first kappa shape index (κ1) is 23.1. The van der Waals surface area contributed by atoms with E-state index in [-0.39, 0.29) is 11.3 Å². The van der Waals surface area contributed by atoms with Gasteiger partial charge in [-0.2, -0.15) is 0 Å². The van der Waals surface area contributed by atoms with E-state index in [2.05, 4.69) is 11.9 Å². The molecule has 184 valence electrons. The van der Waals surface area contributed by atoms with Crippen LogP contribution in [-0.2, 0) is 16.0 Å². The Bertz CT molecular complexity index is 1750. The van der Waals surface area contributed by atoms with Crippen LogP contribution in [0.15, 0.2) is 72.4 Å². The highest BCUT2D eigenvalue weighted by Crippen LogP contribution is 2.44. The van der Waals surface area contributed by atoms with Crippen molar-refractivity contribution in [3.63, 3.8) is 0 Å². The molecule has 1 N–H and O–H groups in total. The number of rotatable bonds is 4. The van der Waals surface area contributed by atoms with E-state index in [4.69, 9.17) is 4.98 Å². The van der Waals surface area contributed by atoms with Crippen LogP contribution in [-0.4, -0.2) is 31.2 Å². The zero-order valence-electron chi connectivity index (χ0n) is 20.6. The van der Waals surface area contributed by atoms with Gasteiger partial charge in [0.05, 0.1) is 27.5 Å². The predicted octanol–water partition coefficient (Wildman–Crippen LogP) is 5.75. The maximum Gasteiger partial charge on any atom is 0.301 e. The summed E-state index contributed by atoms with van der Waals surface area (Å²) in [6, 6.07) is 18.4. The molecule has 2 aromatic carbocycles. The van der Waals surface area contributed by atoms with Crippen LogP contribution in [0.25, 0.3) is 21.6 Å². The first-order valence-electron chi connectivity index (χ1n) is 12.1. The fourth-order valence-corrected chi connectivity index (χ4v) is 6.02. The van der Waals surface area contributed by atoms with Crippen molar-refractivity contribution in [2.75, 3.05) is 4.90 Å². The van der Waals surface area contributed by atoms with Gasteiger partial charge in [0.25, 0.3) is 5.78 Å². The molecule has 1 aliphatic heterocycles. The molecular weight excluding hydrogens is 484 g/mol. The van der Waals surface area contributed by atoms with Crippen molar-refractivity contribution in [2.45, 2.75) is 33.2 Å². The number of fused-ring (bicyclic) bond motifs is 2. The Balaban J connectivity index is 1.60. The first-order valence-corrected chi connectivity index (χ1v) is 12.9. The van der Waals surface area contributed by atoms with Gasteiger partial charge in [0.15, 0.2) is 10.9 Å². The summed E-state index contributed by atoms with van der Waals surface area (Å²) in [5.74, 6) is -1.71. The van der Waals surface area contributed by atoms with Crippen LogP contribution < -0.4 is 4.90 Å². The number of hydrogen-bond acceptors (Lipinski definition) is 6. The Labute approximate surface area is 217 Å². The summed E-state index contributed by atoms with van der Waals surface area (Å²) in [5.41, 5.74) is 5.31. The minimum absolute atomic E-state index is 0.0263. The van der Waals surface area contributed by atoms with E-state index in [1.807, 2.05) is 67.6 Å². The number of aryl methyl sites for hydroxylation is 3. The highest BCUT2D eigenvalue weighted by molar-refractivity contribution is 7.22. The second kappa shape index (κ2) is 8.67. The number of aliphatic hydroxyl groups excluding tert-OH is 1. The zero-order valence-corrected chi connectivity index (χ0v) is 21.4. The summed E-state index contributed by atoms with van der Waals surface area (Å²) in [6.07, 6.45) is 2.64. The SMILES string of the molecule is CCc1ccc(C2C(=C(O)c3c(C)nc4ccccn34)C(=O)C(=O)N2c2nc3ccc(C)cc3s2)cc1. The van der Waals surface area contributed by atoms with E-state index in [0.717, 1.165) is 33.3 Å². The lowest BCUT2D eigenvalue weighted by atomic mass is 9.95. The van der Waals surface area contributed by atoms with Gasteiger partial charge in [-0.05, 0) is 61.2 Å². The maximum absolute atomic E-state index is 13.6. The number of imidazole rings is 1. The average Bonchev–Trinajstić information content (AvgIpc) is 3.54. The number of benzene rings is 2. The molecule has 0 aliphatic carbocycles. The number of amides is 1. The highest BCUT2D eigenvalue weighted by atomic mass is 32.1. The molecule has 7 nitrogen and oxygen atoms in total. The van der Waals surface area contributed by atoms with Crippen LogP contribution in [0.5, 0.6) is 0 Å². The van der Waals surface area contributed by atoms with Gasteiger partial charge in [-0.3, -0.25) is 18.9 Å². The van der Waals surface area contributed by atoms with Gasteiger partial charge in [0, 0.05) is 6.20 Å². The van der Waals surface area contributed by atoms with Crippen LogP contribution in [0.3, 0.4) is 0 Å². The molecule has 1 fully saturated rings. The van der Waals surface area contributed by atoms with Crippen LogP contribution in [0.4, 0.5) is 5.13 Å². The highest BCUT2D eigenvalue weighted by Gasteiger charge is 2.48. The fraction of sp³-hybridized carbons (Fsp3) is 0.172. The van der Waals surface area contributed by atoms with Gasteiger partial charge in [0.2, 0.25) is 0 Å². The second-order valence-corrected chi connectivity index (χ2v) is 10.2. The second-order valence-electron chi connectivity index (χ2n) is 9.21. The number of nitrogens with zero attached hydrogens (tertiary/aromatic N) is 4. The smallest absolute Gasteiger partial charge is 0.301 e. The van der Waals surface area contributed by atoms with Crippen LogP contribution in [0, 0.1) is 13.8 Å². The average molecular weight is 509 g/mol. The molecule has 6 rings (SSSR count). The third-order valence-corrected chi connectivity index (χ3v) is 7.83. The quantitative estimate of drug-likeness (QED) is 0.190. The molecule has 0 spiro atoms. The minimum Gasteiger partial charge on any atom is -0.505 e. The number of carbonyl (C=O) groups is 2. The molecule has 5 aromatic rings. The lowest BCUT2D eigenvalue weighted by Gasteiger charge is -2.23. The van der Waals surface area contributed by atoms with Crippen molar-refractivity contribution in [2.24, 2.45) is 0 Å². The maximum atomic E-state index is 13.6. The van der Waals surface area contributed by atoms with Crippen LogP contribution in [0.1, 0.15) is 41.0 Å². The van der Waals surface area contributed by atoms with Gasteiger partial charge in [-0.15, -0.1) is 0 Å². The third kappa shape index (κ3) is 3.64. The Kier molecular flexibility index (Phi) is 5.42. The van der Waals surface area contributed by atoms with Crippen molar-refractivity contribution in [1.82, 2.24) is 14.4 Å². The topological polar surface area (TPSA) is 87.8 Å². The minimum atomic E-state index is -0.832. The third-order valence-electron chi connectivity index (χ3n) is 6.82. The van der Waals surface area contributed by atoms with E-state index in [1.165, 1.54) is 16.2 Å². The summed E-state index contributed by atoms with van der Waals surface area (Å²) < 4.78 is 2.66. The van der Waals surface area contributed by atoms with Crippen LogP contribution in [0.2, 0.25) is 0 Å². The van der Waals surface area contributed by atoms with E-state index in [1.54, 1.807) is 17.5 Å². The summed E-state index contributed by atoms with van der Waals surface area (Å²) in [6.45, 7) is 5.84. The molecule has 0 radical (unpaired) electrons. The molecule has 1 atom stereocenters. The lowest BCUT2D eigenvalue weighted by Crippen LogP contribution is -2.29. The van der Waals surface area contributed by atoms with Gasteiger partial charge in [-0.25, -0.2) is 9.97 Å². The number of anilines is 1. The fourth-order valence-electron chi connectivity index (χ4n) is 4.93. The van der Waals surface area contributed by atoms with Gasteiger partial charge < -0.3 is 5.11 Å². The molecule has 1 amide bonds. The predicted molar refractivity (Wildman–Crippen MR) is 145 cm³/mol. The summed E-state index contributed by atoms with van der Waals surface area (Å²) >= 11 is 1.36. The van der Waals surface area contributed by atoms with Crippen molar-refractivity contribution in [3.8, 4) is 0 Å². The molecule has 1 saturated heterocycles. The first-order chi connectivity index (χ1) is 17.9. The number of pyridine rings is 1. The van der Waals surface area contributed by atoms with Gasteiger partial charge >= 0.3 is 5.91 Å². The summed E-state index contributed by atoms with van der Waals surface area (Å²) in [5, 5.41) is 12.1. The van der Waals surface area contributed by atoms with Crippen LogP contribution >= 0.6 is 11.3 Å². The number of aromatic nitrogens is 3. The van der Waals surface area contributed by atoms with Crippen molar-refractivity contribution < 1.29 is 14.7 Å². The van der Waals surface area contributed by atoms with Gasteiger partial charge in [-0.1, -0.05) is 54.7 Å². The number of ketones is 1. The Hall–Kier alpha value is -4.30.